The highest BCUT2D eigenvalue weighted by atomic mass is 35.5. The molecule has 0 radical (unpaired) electrons. The van der Waals surface area contributed by atoms with E-state index >= 15 is 0 Å². The van der Waals surface area contributed by atoms with E-state index in [0.717, 1.165) is 16.3 Å². The van der Waals surface area contributed by atoms with Crippen molar-refractivity contribution in [2.24, 2.45) is 0 Å². The van der Waals surface area contributed by atoms with Gasteiger partial charge in [0.1, 0.15) is 0 Å². The third kappa shape index (κ3) is 2.19. The zero-order chi connectivity index (χ0) is 12.5. The lowest BCUT2D eigenvalue weighted by atomic mass is 10.2. The predicted octanol–water partition coefficient (Wildman–Crippen LogP) is 2.76. The Labute approximate surface area is 113 Å². The molecule has 1 aromatic carbocycles. The highest BCUT2D eigenvalue weighted by Crippen LogP contribution is 2.31. The van der Waals surface area contributed by atoms with Crippen molar-refractivity contribution >= 4 is 40.2 Å². The van der Waals surface area contributed by atoms with E-state index in [9.17, 15) is 4.79 Å². The van der Waals surface area contributed by atoms with Gasteiger partial charge in [0, 0.05) is 11.1 Å². The Balaban J connectivity index is 1.90. The average molecular weight is 280 g/mol. The lowest BCUT2D eigenvalue weighted by Gasteiger charge is -2.30. The van der Waals surface area contributed by atoms with Crippen molar-refractivity contribution in [1.29, 1.82) is 0 Å². The van der Waals surface area contributed by atoms with Crippen LogP contribution in [-0.2, 0) is 11.3 Å². The number of carbonyl (C=O) groups excluding carboxylic acids is 1. The van der Waals surface area contributed by atoms with E-state index in [2.05, 4.69) is 10.3 Å². The second-order valence-electron chi connectivity index (χ2n) is 4.00. The Bertz CT molecular complexity index is 599. The highest BCUT2D eigenvalue weighted by Gasteiger charge is 2.21. The Morgan fingerprint density at radius 3 is 3.06 bits per heavy atom. The average Bonchev–Trinajstić information content (AvgIpc) is 2.74. The molecule has 92 valence electrons. The van der Waals surface area contributed by atoms with Crippen molar-refractivity contribution in [3.63, 3.8) is 0 Å². The third-order valence-corrected chi connectivity index (χ3v) is 3.82. The van der Waals surface area contributed by atoms with Gasteiger partial charge in [0.15, 0.2) is 4.47 Å². The molecule has 6 heteroatoms. The smallest absolute Gasteiger partial charge is 0.243 e. The van der Waals surface area contributed by atoms with E-state index in [1.807, 2.05) is 29.2 Å². The van der Waals surface area contributed by atoms with Crippen LogP contribution in [0.25, 0.3) is 0 Å². The standard InChI is InChI=1S/C12H10ClN3OS/c13-12-14-5-8(18-12)6-16-7-11(17)15-9-3-1-2-4-10(9)16/h1-5H,6-7H2,(H,15,17). The monoisotopic (exact) mass is 279 g/mol. The van der Waals surface area contributed by atoms with Crippen molar-refractivity contribution in [2.45, 2.75) is 6.54 Å². The molecule has 0 saturated heterocycles. The maximum atomic E-state index is 11.6. The summed E-state index contributed by atoms with van der Waals surface area (Å²) in [6, 6.07) is 7.77. The lowest BCUT2D eigenvalue weighted by Crippen LogP contribution is -2.37. The largest absolute Gasteiger partial charge is 0.355 e. The van der Waals surface area contributed by atoms with Gasteiger partial charge in [0.25, 0.3) is 0 Å². The molecule has 0 atom stereocenters. The molecule has 1 aliphatic heterocycles. The summed E-state index contributed by atoms with van der Waals surface area (Å²) in [4.78, 5) is 18.7. The van der Waals surface area contributed by atoms with Crippen molar-refractivity contribution in [3.8, 4) is 0 Å². The number of rotatable bonds is 2. The zero-order valence-electron chi connectivity index (χ0n) is 9.39. The summed E-state index contributed by atoms with van der Waals surface area (Å²) in [5.41, 5.74) is 1.88. The summed E-state index contributed by atoms with van der Waals surface area (Å²) < 4.78 is 0.528. The van der Waals surface area contributed by atoms with Crippen molar-refractivity contribution < 1.29 is 4.79 Å². The topological polar surface area (TPSA) is 45.2 Å². The number of benzene rings is 1. The minimum Gasteiger partial charge on any atom is -0.355 e. The fraction of sp³-hybridized carbons (Fsp3) is 0.167. The number of halogens is 1. The number of nitrogens with zero attached hydrogens (tertiary/aromatic N) is 2. The number of amides is 1. The summed E-state index contributed by atoms with van der Waals surface area (Å²) in [5.74, 6) is 0.00399. The fourth-order valence-electron chi connectivity index (χ4n) is 1.99. The molecule has 3 rings (SSSR count). The molecule has 0 saturated carbocycles. The fourth-order valence-corrected chi connectivity index (χ4v) is 2.98. The number of aromatic nitrogens is 1. The molecule has 4 nitrogen and oxygen atoms in total. The number of para-hydroxylation sites is 2. The van der Waals surface area contributed by atoms with E-state index in [1.54, 1.807) is 6.20 Å². The summed E-state index contributed by atoms with van der Waals surface area (Å²) in [7, 11) is 0. The van der Waals surface area contributed by atoms with Crippen LogP contribution < -0.4 is 10.2 Å². The SMILES string of the molecule is O=C1CN(Cc2cnc(Cl)s2)c2ccccc2N1. The van der Waals surface area contributed by atoms with Gasteiger partial charge >= 0.3 is 0 Å². The number of nitrogens with one attached hydrogen (secondary N) is 1. The normalized spacial score (nSPS) is 14.3. The summed E-state index contributed by atoms with van der Waals surface area (Å²) in [6.07, 6.45) is 1.75. The van der Waals surface area contributed by atoms with Crippen molar-refractivity contribution in [2.75, 3.05) is 16.8 Å². The first kappa shape index (κ1) is 11.5. The minimum atomic E-state index is 0.00399. The van der Waals surface area contributed by atoms with Crippen LogP contribution in [0.2, 0.25) is 4.47 Å². The van der Waals surface area contributed by atoms with E-state index in [4.69, 9.17) is 11.6 Å². The molecule has 1 aliphatic rings. The molecule has 2 aromatic rings. The zero-order valence-corrected chi connectivity index (χ0v) is 11.0. The van der Waals surface area contributed by atoms with Crippen LogP contribution in [0.3, 0.4) is 0 Å². The van der Waals surface area contributed by atoms with Gasteiger partial charge < -0.3 is 10.2 Å². The predicted molar refractivity (Wildman–Crippen MR) is 73.2 cm³/mol. The van der Waals surface area contributed by atoms with Crippen LogP contribution in [0.5, 0.6) is 0 Å². The van der Waals surface area contributed by atoms with E-state index in [1.165, 1.54) is 11.3 Å². The van der Waals surface area contributed by atoms with Crippen LogP contribution >= 0.6 is 22.9 Å². The maximum absolute atomic E-state index is 11.6. The lowest BCUT2D eigenvalue weighted by molar-refractivity contribution is -0.115. The second kappa shape index (κ2) is 4.59. The van der Waals surface area contributed by atoms with Gasteiger partial charge in [-0.3, -0.25) is 4.79 Å². The van der Waals surface area contributed by atoms with Gasteiger partial charge in [-0.25, -0.2) is 4.98 Å². The molecule has 1 aromatic heterocycles. The molecule has 0 aliphatic carbocycles. The first-order valence-electron chi connectivity index (χ1n) is 5.46. The molecule has 1 N–H and O–H groups in total. The molecular formula is C12H10ClN3OS. The highest BCUT2D eigenvalue weighted by molar-refractivity contribution is 7.15. The van der Waals surface area contributed by atoms with Crippen LogP contribution in [0.4, 0.5) is 11.4 Å². The molecule has 2 heterocycles. The van der Waals surface area contributed by atoms with Gasteiger partial charge in [-0.15, -0.1) is 11.3 Å². The summed E-state index contributed by atoms with van der Waals surface area (Å²) in [5, 5.41) is 2.86. The number of thiazole rings is 1. The van der Waals surface area contributed by atoms with E-state index in [-0.39, 0.29) is 5.91 Å². The second-order valence-corrected chi connectivity index (χ2v) is 5.70. The van der Waals surface area contributed by atoms with E-state index in [0.29, 0.717) is 17.6 Å². The van der Waals surface area contributed by atoms with Crippen molar-refractivity contribution in [3.05, 3.63) is 39.8 Å². The van der Waals surface area contributed by atoms with Crippen LogP contribution in [0.1, 0.15) is 4.88 Å². The summed E-state index contributed by atoms with van der Waals surface area (Å²) >= 11 is 7.25. The van der Waals surface area contributed by atoms with Gasteiger partial charge in [-0.2, -0.15) is 0 Å². The molecular weight excluding hydrogens is 270 g/mol. The number of hydrogen-bond donors (Lipinski definition) is 1. The van der Waals surface area contributed by atoms with Gasteiger partial charge in [0.05, 0.1) is 24.5 Å². The number of hydrogen-bond acceptors (Lipinski definition) is 4. The number of fused-ring (bicyclic) bond motifs is 1. The number of carbonyl (C=O) groups is 1. The van der Waals surface area contributed by atoms with Crippen LogP contribution in [0, 0.1) is 0 Å². The van der Waals surface area contributed by atoms with Gasteiger partial charge in [-0.05, 0) is 12.1 Å². The maximum Gasteiger partial charge on any atom is 0.243 e. The quantitative estimate of drug-likeness (QED) is 0.919. The van der Waals surface area contributed by atoms with Crippen molar-refractivity contribution in [1.82, 2.24) is 4.98 Å². The molecule has 0 fully saturated rings. The first-order valence-corrected chi connectivity index (χ1v) is 6.66. The molecule has 0 spiro atoms. The molecule has 0 unspecified atom stereocenters. The summed E-state index contributed by atoms with van der Waals surface area (Å²) in [6.45, 7) is 1.00. The van der Waals surface area contributed by atoms with E-state index < -0.39 is 0 Å². The van der Waals surface area contributed by atoms with Gasteiger partial charge in [-0.1, -0.05) is 23.7 Å². The molecule has 18 heavy (non-hydrogen) atoms. The number of anilines is 2. The minimum absolute atomic E-state index is 0.00399. The third-order valence-electron chi connectivity index (χ3n) is 2.73. The van der Waals surface area contributed by atoms with Gasteiger partial charge in [0.2, 0.25) is 5.91 Å². The molecule has 0 bridgehead atoms. The Morgan fingerprint density at radius 1 is 1.44 bits per heavy atom. The first-order chi connectivity index (χ1) is 8.72. The van der Waals surface area contributed by atoms with Crippen LogP contribution in [-0.4, -0.2) is 17.4 Å². The Morgan fingerprint density at radius 2 is 2.28 bits per heavy atom. The van der Waals surface area contributed by atoms with Crippen LogP contribution in [0.15, 0.2) is 30.5 Å². The molecule has 1 amide bonds. The Kier molecular flexibility index (Phi) is 2.93. The Hall–Kier alpha value is -1.59.